The van der Waals surface area contributed by atoms with Gasteiger partial charge in [-0.25, -0.2) is 0 Å². The molecule has 0 aliphatic carbocycles. The van der Waals surface area contributed by atoms with Crippen molar-refractivity contribution in [2.45, 2.75) is 0 Å². The van der Waals surface area contributed by atoms with Crippen LogP contribution in [-0.4, -0.2) is 43.1 Å². The Bertz CT molecular complexity index is 95.0. The molecule has 0 fully saturated rings. The number of hydrogen-bond acceptors (Lipinski definition) is 4. The molecule has 0 heterocycles. The summed E-state index contributed by atoms with van der Waals surface area (Å²) in [6, 6.07) is 0. The van der Waals surface area contributed by atoms with Crippen LogP contribution in [0, 0.1) is 10.2 Å². The first-order chi connectivity index (χ1) is 7.74. The molecule has 0 spiro atoms. The molecule has 0 saturated carbocycles. The third kappa shape index (κ3) is 289. The number of hydrogen-bond donors (Lipinski definition) is 1. The Hall–Kier alpha value is 0.812. The maximum atomic E-state index is 8.60. The van der Waals surface area contributed by atoms with Gasteiger partial charge in [0.1, 0.15) is 0 Å². The van der Waals surface area contributed by atoms with Crippen molar-refractivity contribution >= 4 is 12.6 Å². The first-order valence-corrected chi connectivity index (χ1v) is 6.22. The topological polar surface area (TPSA) is 208 Å². The van der Waals surface area contributed by atoms with E-state index in [1.54, 1.807) is 0 Å². The first-order valence-electron chi connectivity index (χ1n) is 4.25. The predicted octanol–water partition coefficient (Wildman–Crippen LogP) is -1.89. The first kappa shape index (κ1) is 31.3. The predicted molar refractivity (Wildman–Crippen MR) is 63.2 cm³/mol. The zero-order valence-corrected chi connectivity index (χ0v) is 12.7. The van der Waals surface area contributed by atoms with Gasteiger partial charge in [0, 0.05) is 0 Å². The van der Waals surface area contributed by atoms with Crippen molar-refractivity contribution in [1.29, 1.82) is 0 Å². The second kappa shape index (κ2) is 30.7. The maximum Gasteiger partial charge on any atom is 3.00 e. The molecular formula is C6H20ClCrN5O4S-. The van der Waals surface area contributed by atoms with Crippen molar-refractivity contribution in [1.82, 2.24) is 0 Å². The van der Waals surface area contributed by atoms with Crippen molar-refractivity contribution in [3.8, 4) is 0 Å². The molecule has 0 saturated heterocycles. The van der Waals surface area contributed by atoms with Gasteiger partial charge in [0.25, 0.3) is 0 Å². The third-order valence-corrected chi connectivity index (χ3v) is 0.625. The molecule has 12 heteroatoms. The van der Waals surface area contributed by atoms with E-state index in [2.05, 4.69) is 12.6 Å². The van der Waals surface area contributed by atoms with E-state index < -0.39 is 10.2 Å². The molecule has 0 atom stereocenters. The quantitative estimate of drug-likeness (QED) is 0.581. The molecule has 0 aliphatic rings. The number of nitrogens with one attached hydrogen (secondary N) is 5. The van der Waals surface area contributed by atoms with Crippen LogP contribution in [0.1, 0.15) is 0 Å². The van der Waals surface area contributed by atoms with Crippen LogP contribution in [0.5, 0.6) is 0 Å². The van der Waals surface area contributed by atoms with Gasteiger partial charge in [-0.3, -0.25) is 0 Å². The Labute approximate surface area is 126 Å². The summed E-state index contributed by atoms with van der Waals surface area (Å²) in [6.45, 7) is 1.43. The van der Waals surface area contributed by atoms with Crippen LogP contribution in [0.4, 0.5) is 0 Å². The van der Waals surface area contributed by atoms with E-state index in [0.717, 1.165) is 5.75 Å². The van der Waals surface area contributed by atoms with Crippen LogP contribution >= 0.6 is 0 Å². The molecule has 18 heavy (non-hydrogen) atoms. The standard InChI is InChI=1S/2C2H6N2.C2H6NS.ClHO4.Cr/c3*3-1-2-4;2-1(3,4)5;/h3*3-4H,1-2H2;(H,2,3,4,5);/q2*-2;-1;;+3/p+1. The summed E-state index contributed by atoms with van der Waals surface area (Å²) >= 11 is 3.10. The molecule has 0 rings (SSSR count). The zero-order chi connectivity index (χ0) is 14.7. The number of halogens is 1. The molecular weight excluding hydrogens is 326 g/mol. The molecule has 0 bridgehead atoms. The average molecular weight is 346 g/mol. The SMILES string of the molecule is [Cr+3].[NH-]CC[NH-].[NH-]CC[NH-].[NH-]CC[SH2+].[O-][Cl+3]([O-])([O-])O. The molecule has 113 valence electrons. The van der Waals surface area contributed by atoms with Gasteiger partial charge in [0.2, 0.25) is 0 Å². The fraction of sp³-hybridized carbons (Fsp3) is 1.00. The molecule has 0 aromatic heterocycles. The van der Waals surface area contributed by atoms with Gasteiger partial charge < -0.3 is 28.7 Å². The summed E-state index contributed by atoms with van der Waals surface area (Å²) in [5.74, 6) is 0.792. The van der Waals surface area contributed by atoms with Crippen LogP contribution in [0.2, 0.25) is 0 Å². The molecule has 1 radical (unpaired) electrons. The average Bonchev–Trinajstić information content (AvgIpc) is 2.27. The number of rotatable bonds is 3. The van der Waals surface area contributed by atoms with E-state index >= 15 is 0 Å². The third-order valence-electron chi connectivity index (χ3n) is 0.375. The molecule has 0 aromatic rings. The Morgan fingerprint density at radius 1 is 0.778 bits per heavy atom. The minimum Gasteiger partial charge on any atom is -0.679 e. The summed E-state index contributed by atoms with van der Waals surface area (Å²) < 4.78 is 32.7. The fourth-order valence-electron chi connectivity index (χ4n) is 0. The van der Waals surface area contributed by atoms with Gasteiger partial charge in [-0.05, 0) is 12.6 Å². The maximum absolute atomic E-state index is 8.60. The van der Waals surface area contributed by atoms with Crippen LogP contribution in [-0.2, 0) is 30.0 Å². The molecule has 6 N–H and O–H groups in total. The minimum atomic E-state index is -4.69. The van der Waals surface area contributed by atoms with E-state index in [1.807, 2.05) is 0 Å². The van der Waals surface area contributed by atoms with Gasteiger partial charge in [-0.15, -0.1) is 6.54 Å². The van der Waals surface area contributed by atoms with Crippen molar-refractivity contribution < 1.29 is 46.2 Å². The molecule has 0 unspecified atom stereocenters. The van der Waals surface area contributed by atoms with Gasteiger partial charge >= 0.3 is 17.4 Å². The van der Waals surface area contributed by atoms with Crippen LogP contribution in [0.3, 0.4) is 0 Å². The fourth-order valence-corrected chi connectivity index (χ4v) is 0. The Kier molecular flexibility index (Phi) is 53.3. The summed E-state index contributed by atoms with van der Waals surface area (Å²) in [6.07, 6.45) is 0. The monoisotopic (exact) mass is 345 g/mol. The molecule has 0 aromatic carbocycles. The summed E-state index contributed by atoms with van der Waals surface area (Å²) in [7, 11) is -4.69. The van der Waals surface area contributed by atoms with E-state index in [0.29, 0.717) is 6.54 Å². The Morgan fingerprint density at radius 2 is 0.889 bits per heavy atom. The van der Waals surface area contributed by atoms with E-state index in [9.17, 15) is 0 Å². The second-order valence-corrected chi connectivity index (χ2v) is 3.19. The molecule has 0 amide bonds. The summed E-state index contributed by atoms with van der Waals surface area (Å²) in [5.41, 5.74) is 31.5. The van der Waals surface area contributed by atoms with E-state index in [-0.39, 0.29) is 43.5 Å². The van der Waals surface area contributed by atoms with Crippen LogP contribution < -0.4 is 14.0 Å². The van der Waals surface area contributed by atoms with Gasteiger partial charge in [-0.2, -0.15) is 40.2 Å². The molecule has 9 nitrogen and oxygen atoms in total. The van der Waals surface area contributed by atoms with E-state index in [4.69, 9.17) is 47.3 Å². The summed E-state index contributed by atoms with van der Waals surface area (Å²) in [5, 5.41) is 0. The van der Waals surface area contributed by atoms with Crippen LogP contribution in [0.25, 0.3) is 28.7 Å². The largest absolute Gasteiger partial charge is 3.00 e. The normalized spacial score (nSPS) is 8.33. The Morgan fingerprint density at radius 3 is 0.889 bits per heavy atom. The van der Waals surface area contributed by atoms with Crippen molar-refractivity contribution in [3.05, 3.63) is 28.7 Å². The molecule has 0 aliphatic heterocycles. The van der Waals surface area contributed by atoms with Crippen molar-refractivity contribution in [3.63, 3.8) is 0 Å². The minimum absolute atomic E-state index is 0. The van der Waals surface area contributed by atoms with Gasteiger partial charge in [-0.1, -0.05) is 0 Å². The van der Waals surface area contributed by atoms with E-state index in [1.165, 1.54) is 0 Å². The second-order valence-electron chi connectivity index (χ2n) is 1.90. The smallest absolute Gasteiger partial charge is 0.679 e. The van der Waals surface area contributed by atoms with Crippen molar-refractivity contribution in [2.75, 3.05) is 38.5 Å². The van der Waals surface area contributed by atoms with Gasteiger partial charge in [0.15, 0.2) is 0 Å². The van der Waals surface area contributed by atoms with Gasteiger partial charge in [0.05, 0.1) is 20.7 Å². The van der Waals surface area contributed by atoms with Crippen molar-refractivity contribution in [2.24, 2.45) is 0 Å². The summed E-state index contributed by atoms with van der Waals surface area (Å²) in [4.78, 5) is 0. The Balaban J connectivity index is -0.0000000412. The van der Waals surface area contributed by atoms with Crippen LogP contribution in [0.15, 0.2) is 0 Å². The zero-order valence-electron chi connectivity index (χ0n) is 9.70.